The van der Waals surface area contributed by atoms with Crippen LogP contribution in [-0.2, 0) is 4.79 Å². The van der Waals surface area contributed by atoms with Gasteiger partial charge in [-0.05, 0) is 43.5 Å². The summed E-state index contributed by atoms with van der Waals surface area (Å²) < 4.78 is 0. The van der Waals surface area contributed by atoms with Gasteiger partial charge < -0.3 is 9.80 Å². The number of rotatable bonds is 7. The number of para-hydroxylation sites is 1. The summed E-state index contributed by atoms with van der Waals surface area (Å²) in [5.74, 6) is -0.0236. The van der Waals surface area contributed by atoms with Crippen LogP contribution in [0.15, 0.2) is 47.6 Å². The Morgan fingerprint density at radius 1 is 0.933 bits per heavy atom. The Morgan fingerprint density at radius 2 is 1.70 bits per heavy atom. The van der Waals surface area contributed by atoms with Crippen molar-refractivity contribution in [3.8, 4) is 0 Å². The molecule has 1 aromatic carbocycles. The SMILES string of the molecule is O=C(CCN1CCN(c2ccccc2)CC1)N/N=C\c1ccc(N2CCCCC2)s1. The van der Waals surface area contributed by atoms with Gasteiger partial charge in [-0.1, -0.05) is 18.2 Å². The molecule has 0 aliphatic carbocycles. The predicted octanol–water partition coefficient (Wildman–Crippen LogP) is 3.40. The average molecular weight is 426 g/mol. The molecule has 2 aliphatic heterocycles. The molecule has 160 valence electrons. The standard InChI is InChI=1S/C23H31N5OS/c29-22(11-14-26-15-17-27(18-16-26)20-7-3-1-4-8-20)25-24-19-21-9-10-23(30-21)28-12-5-2-6-13-28/h1,3-4,7-10,19H,2,5-6,11-18H2,(H,25,29)/b24-19-. The Bertz CT molecular complexity index is 823. The molecule has 6 nitrogen and oxygen atoms in total. The van der Waals surface area contributed by atoms with E-state index in [9.17, 15) is 4.79 Å². The number of anilines is 2. The molecule has 0 bridgehead atoms. The second-order valence-electron chi connectivity index (χ2n) is 7.93. The van der Waals surface area contributed by atoms with Gasteiger partial charge in [0.05, 0.1) is 11.2 Å². The molecular formula is C23H31N5OS. The van der Waals surface area contributed by atoms with Crippen LogP contribution >= 0.6 is 11.3 Å². The fourth-order valence-electron chi connectivity index (χ4n) is 4.05. The summed E-state index contributed by atoms with van der Waals surface area (Å²) in [4.78, 5) is 20.4. The first-order valence-corrected chi connectivity index (χ1v) is 11.8. The largest absolute Gasteiger partial charge is 0.369 e. The summed E-state index contributed by atoms with van der Waals surface area (Å²) in [5.41, 5.74) is 3.96. The maximum Gasteiger partial charge on any atom is 0.241 e. The van der Waals surface area contributed by atoms with Gasteiger partial charge in [-0.3, -0.25) is 9.69 Å². The van der Waals surface area contributed by atoms with Gasteiger partial charge in [0.25, 0.3) is 0 Å². The zero-order chi connectivity index (χ0) is 20.6. The molecule has 1 N–H and O–H groups in total. The van der Waals surface area contributed by atoms with Crippen LogP contribution in [0.4, 0.5) is 10.7 Å². The van der Waals surface area contributed by atoms with Crippen LogP contribution in [-0.4, -0.2) is 62.8 Å². The highest BCUT2D eigenvalue weighted by molar-refractivity contribution is 7.17. The third kappa shape index (κ3) is 5.83. The number of hydrogen-bond acceptors (Lipinski definition) is 6. The minimum atomic E-state index is -0.0236. The van der Waals surface area contributed by atoms with Gasteiger partial charge in [0.15, 0.2) is 0 Å². The van der Waals surface area contributed by atoms with E-state index >= 15 is 0 Å². The number of benzene rings is 1. The number of carbonyl (C=O) groups is 1. The van der Waals surface area contributed by atoms with Crippen molar-refractivity contribution in [3.63, 3.8) is 0 Å². The summed E-state index contributed by atoms with van der Waals surface area (Å²) in [6.45, 7) is 7.05. The number of piperazine rings is 1. The molecule has 0 unspecified atom stereocenters. The Kier molecular flexibility index (Phi) is 7.37. The highest BCUT2D eigenvalue weighted by atomic mass is 32.1. The molecule has 1 amide bonds. The van der Waals surface area contributed by atoms with Crippen molar-refractivity contribution in [3.05, 3.63) is 47.3 Å². The molecule has 2 aromatic rings. The molecule has 0 spiro atoms. The van der Waals surface area contributed by atoms with Crippen LogP contribution in [0.25, 0.3) is 0 Å². The van der Waals surface area contributed by atoms with E-state index in [0.717, 1.165) is 50.7 Å². The van der Waals surface area contributed by atoms with Crippen molar-refractivity contribution in [2.24, 2.45) is 5.10 Å². The number of hydrogen-bond donors (Lipinski definition) is 1. The smallest absolute Gasteiger partial charge is 0.241 e. The first-order valence-electron chi connectivity index (χ1n) is 11.0. The van der Waals surface area contributed by atoms with Crippen LogP contribution in [0.1, 0.15) is 30.6 Å². The number of hydrazone groups is 1. The van der Waals surface area contributed by atoms with Gasteiger partial charge in [0.1, 0.15) is 0 Å². The predicted molar refractivity (Wildman–Crippen MR) is 126 cm³/mol. The van der Waals surface area contributed by atoms with E-state index in [2.05, 4.69) is 61.6 Å². The summed E-state index contributed by atoms with van der Waals surface area (Å²) in [5, 5.41) is 5.46. The Hall–Kier alpha value is -2.38. The molecule has 1 aromatic heterocycles. The first-order chi connectivity index (χ1) is 14.8. The van der Waals surface area contributed by atoms with Crippen LogP contribution in [0, 0.1) is 0 Å². The van der Waals surface area contributed by atoms with E-state index in [-0.39, 0.29) is 5.91 Å². The van der Waals surface area contributed by atoms with Crippen molar-refractivity contribution >= 4 is 34.1 Å². The van der Waals surface area contributed by atoms with Crippen molar-refractivity contribution < 1.29 is 4.79 Å². The summed E-state index contributed by atoms with van der Waals surface area (Å²) in [6, 6.07) is 14.8. The quantitative estimate of drug-likeness (QED) is 0.546. The van der Waals surface area contributed by atoms with Crippen LogP contribution in [0.3, 0.4) is 0 Å². The Morgan fingerprint density at radius 3 is 2.47 bits per heavy atom. The number of nitrogens with one attached hydrogen (secondary N) is 1. The third-order valence-corrected chi connectivity index (χ3v) is 6.89. The molecule has 4 rings (SSSR count). The lowest BCUT2D eigenvalue weighted by Gasteiger charge is -2.36. The molecule has 7 heteroatoms. The summed E-state index contributed by atoms with van der Waals surface area (Å²) in [6.07, 6.45) is 6.13. The summed E-state index contributed by atoms with van der Waals surface area (Å²) >= 11 is 1.74. The van der Waals surface area contributed by atoms with E-state index in [1.54, 1.807) is 17.6 Å². The van der Waals surface area contributed by atoms with Crippen molar-refractivity contribution in [2.75, 3.05) is 55.6 Å². The molecule has 3 heterocycles. The maximum atomic E-state index is 12.1. The minimum Gasteiger partial charge on any atom is -0.369 e. The average Bonchev–Trinajstić information content (AvgIpc) is 3.28. The highest BCUT2D eigenvalue weighted by Gasteiger charge is 2.17. The molecule has 0 saturated carbocycles. The molecule has 0 radical (unpaired) electrons. The number of piperidine rings is 1. The number of nitrogens with zero attached hydrogens (tertiary/aromatic N) is 4. The molecular weight excluding hydrogens is 394 g/mol. The third-order valence-electron chi connectivity index (χ3n) is 5.81. The van der Waals surface area contributed by atoms with Crippen LogP contribution in [0.2, 0.25) is 0 Å². The fraction of sp³-hybridized carbons (Fsp3) is 0.478. The molecule has 0 atom stereocenters. The van der Waals surface area contributed by atoms with E-state index in [4.69, 9.17) is 0 Å². The van der Waals surface area contributed by atoms with Gasteiger partial charge in [-0.15, -0.1) is 11.3 Å². The topological polar surface area (TPSA) is 51.2 Å². The van der Waals surface area contributed by atoms with Gasteiger partial charge in [0.2, 0.25) is 5.91 Å². The Labute approximate surface area is 183 Å². The lowest BCUT2D eigenvalue weighted by atomic mass is 10.1. The van der Waals surface area contributed by atoms with Gasteiger partial charge in [0, 0.05) is 62.8 Å². The van der Waals surface area contributed by atoms with Crippen molar-refractivity contribution in [2.45, 2.75) is 25.7 Å². The molecule has 2 aliphatic rings. The Balaban J connectivity index is 1.15. The second-order valence-corrected chi connectivity index (χ2v) is 9.02. The van der Waals surface area contributed by atoms with E-state index in [1.807, 2.05) is 6.07 Å². The number of thiophene rings is 1. The monoisotopic (exact) mass is 425 g/mol. The van der Waals surface area contributed by atoms with Gasteiger partial charge in [-0.25, -0.2) is 5.43 Å². The van der Waals surface area contributed by atoms with E-state index in [0.29, 0.717) is 6.42 Å². The first kappa shape index (κ1) is 20.9. The molecule has 2 fully saturated rings. The van der Waals surface area contributed by atoms with Crippen LogP contribution in [0.5, 0.6) is 0 Å². The van der Waals surface area contributed by atoms with Gasteiger partial charge >= 0.3 is 0 Å². The van der Waals surface area contributed by atoms with Crippen molar-refractivity contribution in [1.29, 1.82) is 0 Å². The summed E-state index contributed by atoms with van der Waals surface area (Å²) in [7, 11) is 0. The lowest BCUT2D eigenvalue weighted by Crippen LogP contribution is -2.47. The number of carbonyl (C=O) groups excluding carboxylic acids is 1. The lowest BCUT2D eigenvalue weighted by molar-refractivity contribution is -0.121. The molecule has 2 saturated heterocycles. The fourth-order valence-corrected chi connectivity index (χ4v) is 4.98. The minimum absolute atomic E-state index is 0.0236. The van der Waals surface area contributed by atoms with E-state index < -0.39 is 0 Å². The molecule has 30 heavy (non-hydrogen) atoms. The van der Waals surface area contributed by atoms with E-state index in [1.165, 1.54) is 30.0 Å². The zero-order valence-electron chi connectivity index (χ0n) is 17.5. The van der Waals surface area contributed by atoms with Crippen molar-refractivity contribution in [1.82, 2.24) is 10.3 Å². The van der Waals surface area contributed by atoms with Crippen LogP contribution < -0.4 is 15.2 Å². The second kappa shape index (κ2) is 10.6. The zero-order valence-corrected chi connectivity index (χ0v) is 18.3. The van der Waals surface area contributed by atoms with Gasteiger partial charge in [-0.2, -0.15) is 5.10 Å². The normalized spacial score (nSPS) is 18.1. The number of amides is 1. The highest BCUT2D eigenvalue weighted by Crippen LogP contribution is 2.27. The maximum absolute atomic E-state index is 12.1.